The topological polar surface area (TPSA) is 65.6 Å². The molecule has 5 nitrogen and oxygen atoms in total. The summed E-state index contributed by atoms with van der Waals surface area (Å²) in [5.41, 5.74) is 4.53. The summed E-state index contributed by atoms with van der Waals surface area (Å²) < 4.78 is 1.87. The molecule has 4 aliphatic carbocycles. The molecular formula is C26H38N3O2+. The quantitative estimate of drug-likeness (QED) is 0.572. The van der Waals surface area contributed by atoms with Gasteiger partial charge in [0.1, 0.15) is 0 Å². The number of pyridine rings is 1. The molecule has 0 bridgehead atoms. The van der Waals surface area contributed by atoms with Crippen molar-refractivity contribution < 1.29 is 14.5 Å². The number of hydrogen-bond acceptors (Lipinski definition) is 3. The van der Waals surface area contributed by atoms with Gasteiger partial charge in [-0.25, -0.2) is 5.43 Å². The molecule has 0 aromatic carbocycles. The van der Waals surface area contributed by atoms with E-state index in [0.29, 0.717) is 23.8 Å². The van der Waals surface area contributed by atoms with Gasteiger partial charge in [0.2, 0.25) is 6.54 Å². The van der Waals surface area contributed by atoms with Crippen molar-refractivity contribution in [3.8, 4) is 0 Å². The van der Waals surface area contributed by atoms with E-state index in [1.54, 1.807) is 0 Å². The molecule has 4 saturated carbocycles. The number of fused-ring (bicyclic) bond motifs is 5. The normalized spacial score (nSPS) is 43.1. The van der Waals surface area contributed by atoms with E-state index in [-0.39, 0.29) is 17.4 Å². The van der Waals surface area contributed by atoms with Crippen molar-refractivity contribution in [1.29, 1.82) is 0 Å². The largest absolute Gasteiger partial charge is 0.393 e. The molecule has 0 aliphatic heterocycles. The summed E-state index contributed by atoms with van der Waals surface area (Å²) in [5.74, 6) is 2.91. The van der Waals surface area contributed by atoms with E-state index in [0.717, 1.165) is 31.1 Å². The van der Waals surface area contributed by atoms with E-state index >= 15 is 0 Å². The highest BCUT2D eigenvalue weighted by atomic mass is 16.3. The molecule has 1 unspecified atom stereocenters. The minimum absolute atomic E-state index is 0.0629. The molecule has 168 valence electrons. The fraction of sp³-hybridized carbons (Fsp3) is 0.731. The summed E-state index contributed by atoms with van der Waals surface area (Å²) in [6.45, 7) is 5.21. The average molecular weight is 425 g/mol. The van der Waals surface area contributed by atoms with Gasteiger partial charge in [0.05, 0.1) is 6.10 Å². The first kappa shape index (κ1) is 21.1. The van der Waals surface area contributed by atoms with Crippen LogP contribution in [0.25, 0.3) is 0 Å². The summed E-state index contributed by atoms with van der Waals surface area (Å²) >= 11 is 0. The minimum atomic E-state index is -0.0910. The van der Waals surface area contributed by atoms with E-state index in [1.165, 1.54) is 44.2 Å². The van der Waals surface area contributed by atoms with E-state index in [4.69, 9.17) is 0 Å². The molecule has 1 aromatic rings. The van der Waals surface area contributed by atoms with Crippen molar-refractivity contribution in [1.82, 2.24) is 5.43 Å². The summed E-state index contributed by atoms with van der Waals surface area (Å²) in [4.78, 5) is 12.3. The molecule has 4 fully saturated rings. The number of rotatable bonds is 3. The Morgan fingerprint density at radius 2 is 1.84 bits per heavy atom. The third kappa shape index (κ3) is 3.63. The highest BCUT2D eigenvalue weighted by Crippen LogP contribution is 2.65. The van der Waals surface area contributed by atoms with E-state index in [1.807, 2.05) is 35.2 Å². The molecular weight excluding hydrogens is 386 g/mol. The van der Waals surface area contributed by atoms with E-state index in [2.05, 4.69) is 24.4 Å². The second-order valence-electron chi connectivity index (χ2n) is 11.3. The Morgan fingerprint density at radius 3 is 2.65 bits per heavy atom. The van der Waals surface area contributed by atoms with Crippen molar-refractivity contribution in [3.63, 3.8) is 0 Å². The fourth-order valence-electron chi connectivity index (χ4n) is 8.02. The SMILES string of the molecule is C[C@]12CC[C@H]3[C@@H](CCC4C/C(=N\NC(=O)C[n+]5ccccc5)CC[C@@]43C)[C@@H]1CC[C@@H]2O. The number of aliphatic hydroxyl groups excluding tert-OH is 1. The summed E-state index contributed by atoms with van der Waals surface area (Å²) in [6.07, 6.45) is 14.2. The molecule has 7 atom stereocenters. The van der Waals surface area contributed by atoms with Gasteiger partial charge in [-0.3, -0.25) is 4.79 Å². The average Bonchev–Trinajstić information content (AvgIpc) is 3.07. The molecule has 4 aliphatic rings. The van der Waals surface area contributed by atoms with E-state index < -0.39 is 0 Å². The zero-order valence-corrected chi connectivity index (χ0v) is 19.1. The van der Waals surface area contributed by atoms with Crippen molar-refractivity contribution in [3.05, 3.63) is 30.6 Å². The van der Waals surface area contributed by atoms with Crippen LogP contribution in [0.15, 0.2) is 35.7 Å². The lowest BCUT2D eigenvalue weighted by Crippen LogP contribution is -2.54. The minimum Gasteiger partial charge on any atom is -0.393 e. The van der Waals surface area contributed by atoms with Gasteiger partial charge in [0, 0.05) is 17.8 Å². The van der Waals surface area contributed by atoms with Crippen LogP contribution in [0.2, 0.25) is 0 Å². The second-order valence-corrected chi connectivity index (χ2v) is 11.3. The molecule has 2 N–H and O–H groups in total. The van der Waals surface area contributed by atoms with Crippen molar-refractivity contribution in [2.75, 3.05) is 0 Å². The first-order valence-corrected chi connectivity index (χ1v) is 12.4. The predicted octanol–water partition coefficient (Wildman–Crippen LogP) is 3.85. The maximum atomic E-state index is 12.3. The molecule has 5 rings (SSSR count). The highest BCUT2D eigenvalue weighted by molar-refractivity contribution is 5.87. The molecule has 0 saturated heterocycles. The molecule has 1 heterocycles. The van der Waals surface area contributed by atoms with Gasteiger partial charge < -0.3 is 5.11 Å². The second kappa shape index (κ2) is 7.99. The molecule has 1 aromatic heterocycles. The van der Waals surface area contributed by atoms with Crippen LogP contribution in [-0.4, -0.2) is 22.8 Å². The Bertz CT molecular complexity index is 855. The van der Waals surface area contributed by atoms with Gasteiger partial charge in [0.25, 0.3) is 0 Å². The molecule has 0 spiro atoms. The van der Waals surface area contributed by atoms with Gasteiger partial charge in [-0.2, -0.15) is 9.67 Å². The fourth-order valence-corrected chi connectivity index (χ4v) is 8.02. The number of hydrogen-bond donors (Lipinski definition) is 2. The summed E-state index contributed by atoms with van der Waals surface area (Å²) in [5, 5.41) is 15.2. The molecule has 5 heteroatoms. The Hall–Kier alpha value is -1.75. The van der Waals surface area contributed by atoms with Crippen molar-refractivity contribution in [2.45, 2.75) is 84.3 Å². The maximum absolute atomic E-state index is 12.3. The monoisotopic (exact) mass is 424 g/mol. The Morgan fingerprint density at radius 1 is 1.06 bits per heavy atom. The smallest absolute Gasteiger partial charge is 0.305 e. The Labute approximate surface area is 186 Å². The number of hydrazone groups is 1. The third-order valence-corrected chi connectivity index (χ3v) is 9.89. The van der Waals surface area contributed by atoms with Gasteiger partial charge in [0.15, 0.2) is 12.4 Å². The number of aromatic nitrogens is 1. The van der Waals surface area contributed by atoms with Gasteiger partial charge in [-0.05, 0) is 92.3 Å². The van der Waals surface area contributed by atoms with Crippen LogP contribution in [0.5, 0.6) is 0 Å². The predicted molar refractivity (Wildman–Crippen MR) is 120 cm³/mol. The molecule has 0 radical (unpaired) electrons. The first-order chi connectivity index (χ1) is 14.9. The first-order valence-electron chi connectivity index (χ1n) is 12.4. The van der Waals surface area contributed by atoms with Crippen LogP contribution in [0.1, 0.15) is 71.6 Å². The lowest BCUT2D eigenvalue weighted by Gasteiger charge is -2.60. The van der Waals surface area contributed by atoms with Gasteiger partial charge >= 0.3 is 5.91 Å². The summed E-state index contributed by atoms with van der Waals surface area (Å²) in [6, 6.07) is 5.80. The van der Waals surface area contributed by atoms with Crippen LogP contribution in [-0.2, 0) is 11.3 Å². The van der Waals surface area contributed by atoms with Gasteiger partial charge in [-0.1, -0.05) is 19.9 Å². The zero-order chi connectivity index (χ0) is 21.6. The number of amides is 1. The van der Waals surface area contributed by atoms with Crippen LogP contribution >= 0.6 is 0 Å². The third-order valence-electron chi connectivity index (χ3n) is 9.89. The maximum Gasteiger partial charge on any atom is 0.305 e. The Balaban J connectivity index is 1.23. The molecule has 1 amide bonds. The Kier molecular flexibility index (Phi) is 5.44. The van der Waals surface area contributed by atoms with Crippen LogP contribution in [0.4, 0.5) is 0 Å². The van der Waals surface area contributed by atoms with Crippen LogP contribution in [0, 0.1) is 34.5 Å². The highest BCUT2D eigenvalue weighted by Gasteiger charge is 2.59. The number of nitrogens with one attached hydrogen (secondary N) is 1. The zero-order valence-electron chi connectivity index (χ0n) is 19.1. The van der Waals surface area contributed by atoms with Crippen molar-refractivity contribution >= 4 is 11.6 Å². The number of carbonyl (C=O) groups is 1. The molecule has 31 heavy (non-hydrogen) atoms. The van der Waals surface area contributed by atoms with Crippen molar-refractivity contribution in [2.24, 2.45) is 39.6 Å². The summed E-state index contributed by atoms with van der Waals surface area (Å²) in [7, 11) is 0. The van der Waals surface area contributed by atoms with E-state index in [9.17, 15) is 9.90 Å². The lowest BCUT2D eigenvalue weighted by atomic mass is 9.45. The van der Waals surface area contributed by atoms with Crippen LogP contribution < -0.4 is 9.99 Å². The van der Waals surface area contributed by atoms with Gasteiger partial charge in [-0.15, -0.1) is 0 Å². The number of nitrogens with zero attached hydrogens (tertiary/aromatic N) is 2. The standard InChI is InChI=1S/C26H37N3O2/c1-25-12-10-19(27-28-24(31)17-29-14-4-3-5-15-29)16-18(25)6-7-20-21-8-9-23(30)26(21,2)13-11-22(20)25/h3-5,14-15,18,20-23,30H,6-13,16-17H2,1-2H3/p+1/b27-19-/t18?,20-,21-,22-,23-,25-,26-/m0/s1. The van der Waals surface area contributed by atoms with Crippen LogP contribution in [0.3, 0.4) is 0 Å². The number of aliphatic hydroxyl groups is 1. The lowest BCUT2D eigenvalue weighted by molar-refractivity contribution is -0.684. The number of carbonyl (C=O) groups excluding carboxylic acids is 1.